The van der Waals surface area contributed by atoms with Gasteiger partial charge in [0.1, 0.15) is 11.6 Å². The minimum atomic E-state index is -0.584. The summed E-state index contributed by atoms with van der Waals surface area (Å²) in [5, 5.41) is 10.5. The quantitative estimate of drug-likeness (QED) is 0.632. The molecular formula is C13H13N3O4. The highest BCUT2D eigenvalue weighted by Gasteiger charge is 2.13. The van der Waals surface area contributed by atoms with Crippen molar-refractivity contribution in [1.29, 1.82) is 0 Å². The second-order valence-corrected chi connectivity index (χ2v) is 4.08. The molecule has 0 fully saturated rings. The van der Waals surface area contributed by atoms with Crippen LogP contribution in [-0.4, -0.2) is 20.6 Å². The van der Waals surface area contributed by atoms with Gasteiger partial charge in [0, 0.05) is 30.9 Å². The lowest BCUT2D eigenvalue weighted by Gasteiger charge is -2.06. The molecule has 0 aliphatic rings. The van der Waals surface area contributed by atoms with E-state index in [1.165, 1.54) is 41.2 Å². The molecule has 7 heteroatoms. The van der Waals surface area contributed by atoms with Crippen LogP contribution in [0.5, 0.6) is 5.75 Å². The molecule has 20 heavy (non-hydrogen) atoms. The van der Waals surface area contributed by atoms with Crippen molar-refractivity contribution in [2.45, 2.75) is 19.8 Å². The molecule has 7 nitrogen and oxygen atoms in total. The Morgan fingerprint density at radius 3 is 2.70 bits per heavy atom. The summed E-state index contributed by atoms with van der Waals surface area (Å²) >= 11 is 0. The van der Waals surface area contributed by atoms with Crippen molar-refractivity contribution in [2.75, 3.05) is 0 Å². The van der Waals surface area contributed by atoms with E-state index >= 15 is 0 Å². The van der Waals surface area contributed by atoms with Crippen molar-refractivity contribution >= 4 is 11.8 Å². The Kier molecular flexibility index (Phi) is 4.09. The summed E-state index contributed by atoms with van der Waals surface area (Å²) in [6.45, 7) is 1.99. The Morgan fingerprint density at radius 1 is 1.40 bits per heavy atom. The lowest BCUT2D eigenvalue weighted by molar-refractivity contribution is -0.384. The van der Waals surface area contributed by atoms with Gasteiger partial charge in [-0.25, -0.2) is 14.3 Å². The molecule has 1 heterocycles. The van der Waals surface area contributed by atoms with Crippen LogP contribution >= 0.6 is 0 Å². The van der Waals surface area contributed by atoms with Gasteiger partial charge in [-0.2, -0.15) is 0 Å². The highest BCUT2D eigenvalue weighted by molar-refractivity contribution is 5.73. The summed E-state index contributed by atoms with van der Waals surface area (Å²) in [5.41, 5.74) is -0.0564. The lowest BCUT2D eigenvalue weighted by Crippen LogP contribution is -2.18. The summed E-state index contributed by atoms with van der Waals surface area (Å²) in [4.78, 5) is 26.0. The van der Waals surface area contributed by atoms with E-state index in [4.69, 9.17) is 4.74 Å². The molecule has 0 spiro atoms. The fraction of sp³-hybridized carbons (Fsp3) is 0.231. The van der Waals surface area contributed by atoms with E-state index in [0.717, 1.165) is 6.42 Å². The third-order valence-corrected chi connectivity index (χ3v) is 2.64. The van der Waals surface area contributed by atoms with Gasteiger partial charge in [0.2, 0.25) is 0 Å². The number of ether oxygens (including phenoxy) is 1. The summed E-state index contributed by atoms with van der Waals surface area (Å²) in [7, 11) is 0. The highest BCUT2D eigenvalue weighted by atomic mass is 16.6. The SMILES string of the molecule is CCCc1nccn1C(=O)Oc1ccc([N+](=O)[O-])cc1. The standard InChI is InChI=1S/C13H13N3O4/c1-2-3-12-14-8-9-15(12)13(17)20-11-6-4-10(5-7-11)16(18)19/h4-9H,2-3H2,1H3. The number of carbonyl (C=O) groups excluding carboxylic acids is 1. The number of benzene rings is 1. The number of nitro benzene ring substituents is 1. The molecule has 1 aromatic heterocycles. The van der Waals surface area contributed by atoms with Crippen LogP contribution in [0, 0.1) is 10.1 Å². The maximum atomic E-state index is 12.0. The number of hydrogen-bond acceptors (Lipinski definition) is 5. The molecule has 1 aromatic carbocycles. The molecule has 0 aliphatic carbocycles. The van der Waals surface area contributed by atoms with Crippen LogP contribution in [0.2, 0.25) is 0 Å². The molecule has 0 bridgehead atoms. The third-order valence-electron chi connectivity index (χ3n) is 2.64. The van der Waals surface area contributed by atoms with Crippen molar-refractivity contribution in [1.82, 2.24) is 9.55 Å². The Bertz CT molecular complexity index is 619. The number of rotatable bonds is 4. The van der Waals surface area contributed by atoms with Gasteiger partial charge in [0.25, 0.3) is 5.69 Å². The number of non-ortho nitro benzene ring substituents is 1. The first-order valence-electron chi connectivity index (χ1n) is 6.10. The van der Waals surface area contributed by atoms with E-state index in [1.54, 1.807) is 0 Å². The molecule has 0 radical (unpaired) electrons. The van der Waals surface area contributed by atoms with Crippen molar-refractivity contribution < 1.29 is 14.5 Å². The zero-order valence-electron chi connectivity index (χ0n) is 10.9. The fourth-order valence-corrected chi connectivity index (χ4v) is 1.70. The van der Waals surface area contributed by atoms with Crippen LogP contribution in [0.4, 0.5) is 10.5 Å². The zero-order chi connectivity index (χ0) is 14.5. The van der Waals surface area contributed by atoms with Gasteiger partial charge in [-0.3, -0.25) is 10.1 Å². The van der Waals surface area contributed by atoms with Gasteiger partial charge in [-0.1, -0.05) is 6.92 Å². The van der Waals surface area contributed by atoms with E-state index in [2.05, 4.69) is 4.98 Å². The lowest BCUT2D eigenvalue weighted by atomic mass is 10.3. The molecule has 2 aromatic rings. The van der Waals surface area contributed by atoms with Gasteiger partial charge >= 0.3 is 6.09 Å². The maximum Gasteiger partial charge on any atom is 0.424 e. The molecule has 0 aliphatic heterocycles. The predicted octanol–water partition coefficient (Wildman–Crippen LogP) is 2.79. The Balaban J connectivity index is 2.11. The highest BCUT2D eigenvalue weighted by Crippen LogP contribution is 2.18. The maximum absolute atomic E-state index is 12.0. The van der Waals surface area contributed by atoms with Crippen LogP contribution in [0.1, 0.15) is 19.2 Å². The monoisotopic (exact) mass is 275 g/mol. The van der Waals surface area contributed by atoms with Gasteiger partial charge in [-0.05, 0) is 18.6 Å². The number of aromatic nitrogens is 2. The van der Waals surface area contributed by atoms with Crippen LogP contribution in [0.25, 0.3) is 0 Å². The molecule has 104 valence electrons. The summed E-state index contributed by atoms with van der Waals surface area (Å²) < 4.78 is 6.47. The van der Waals surface area contributed by atoms with Crippen LogP contribution in [0.15, 0.2) is 36.7 Å². The number of imidazole rings is 1. The minimum absolute atomic E-state index is 0.0564. The second kappa shape index (κ2) is 5.96. The molecule has 0 unspecified atom stereocenters. The van der Waals surface area contributed by atoms with E-state index in [0.29, 0.717) is 12.2 Å². The van der Waals surface area contributed by atoms with E-state index in [1.807, 2.05) is 6.92 Å². The van der Waals surface area contributed by atoms with E-state index < -0.39 is 11.0 Å². The first-order chi connectivity index (χ1) is 9.61. The number of nitro groups is 1. The molecule has 0 saturated heterocycles. The van der Waals surface area contributed by atoms with Gasteiger partial charge in [-0.15, -0.1) is 0 Å². The average molecular weight is 275 g/mol. The normalized spacial score (nSPS) is 10.2. The zero-order valence-corrected chi connectivity index (χ0v) is 10.9. The number of hydrogen-bond donors (Lipinski definition) is 0. The molecule has 0 N–H and O–H groups in total. The molecule has 0 saturated carbocycles. The van der Waals surface area contributed by atoms with Crippen molar-refractivity contribution in [3.8, 4) is 5.75 Å². The van der Waals surface area contributed by atoms with Crippen LogP contribution in [-0.2, 0) is 6.42 Å². The smallest absolute Gasteiger partial charge is 0.410 e. The topological polar surface area (TPSA) is 87.3 Å². The Labute approximate surface area is 115 Å². The van der Waals surface area contributed by atoms with Crippen LogP contribution in [0.3, 0.4) is 0 Å². The number of aryl methyl sites for hydroxylation is 1. The van der Waals surface area contributed by atoms with Crippen molar-refractivity contribution in [2.24, 2.45) is 0 Å². The third kappa shape index (κ3) is 3.00. The molecule has 0 amide bonds. The fourth-order valence-electron chi connectivity index (χ4n) is 1.70. The summed E-state index contributed by atoms with van der Waals surface area (Å²) in [5.74, 6) is 0.871. The first kappa shape index (κ1) is 13.7. The number of carbonyl (C=O) groups is 1. The average Bonchev–Trinajstić information content (AvgIpc) is 2.88. The van der Waals surface area contributed by atoms with Gasteiger partial charge < -0.3 is 4.74 Å². The molecule has 2 rings (SSSR count). The van der Waals surface area contributed by atoms with Crippen LogP contribution < -0.4 is 4.74 Å². The largest absolute Gasteiger partial charge is 0.424 e. The van der Waals surface area contributed by atoms with Gasteiger partial charge in [0.05, 0.1) is 4.92 Å². The molecule has 0 atom stereocenters. The first-order valence-corrected chi connectivity index (χ1v) is 6.10. The summed E-state index contributed by atoms with van der Waals surface area (Å²) in [6.07, 6.45) is 4.00. The predicted molar refractivity (Wildman–Crippen MR) is 70.7 cm³/mol. The van der Waals surface area contributed by atoms with Crippen molar-refractivity contribution in [3.63, 3.8) is 0 Å². The van der Waals surface area contributed by atoms with Gasteiger partial charge in [0.15, 0.2) is 0 Å². The summed E-state index contributed by atoms with van der Waals surface area (Å²) in [6, 6.07) is 5.33. The Morgan fingerprint density at radius 2 is 2.10 bits per heavy atom. The van der Waals surface area contributed by atoms with E-state index in [9.17, 15) is 14.9 Å². The second-order valence-electron chi connectivity index (χ2n) is 4.08. The minimum Gasteiger partial charge on any atom is -0.410 e. The van der Waals surface area contributed by atoms with Crippen molar-refractivity contribution in [3.05, 3.63) is 52.6 Å². The number of nitrogens with zero attached hydrogens (tertiary/aromatic N) is 3. The molecular weight excluding hydrogens is 262 g/mol. The Hall–Kier alpha value is -2.70. The van der Waals surface area contributed by atoms with E-state index in [-0.39, 0.29) is 11.4 Å².